The third-order valence-electron chi connectivity index (χ3n) is 2.58. The summed E-state index contributed by atoms with van der Waals surface area (Å²) in [6.45, 7) is 0. The smallest absolute Gasteiger partial charge is 0.123 e. The van der Waals surface area contributed by atoms with Crippen molar-refractivity contribution < 1.29 is 4.39 Å². The molecular formula is C14H10FNS. The normalized spacial score (nSPS) is 10.9. The van der Waals surface area contributed by atoms with Crippen LogP contribution in [0.2, 0.25) is 0 Å². The molecule has 1 heterocycles. The van der Waals surface area contributed by atoms with E-state index in [1.54, 1.807) is 23.5 Å². The van der Waals surface area contributed by atoms with Crippen molar-refractivity contribution in [2.24, 2.45) is 0 Å². The minimum Gasteiger partial charge on any atom is -0.241 e. The van der Waals surface area contributed by atoms with Crippen LogP contribution in [0.25, 0.3) is 10.2 Å². The Morgan fingerprint density at radius 1 is 1.06 bits per heavy atom. The number of fused-ring (bicyclic) bond motifs is 1. The van der Waals surface area contributed by atoms with E-state index < -0.39 is 0 Å². The molecular weight excluding hydrogens is 233 g/mol. The van der Waals surface area contributed by atoms with Crippen molar-refractivity contribution in [1.82, 2.24) is 4.98 Å². The second kappa shape index (κ2) is 4.26. The number of aromatic nitrogens is 1. The fourth-order valence-corrected chi connectivity index (χ4v) is 2.82. The molecule has 3 aromatic rings. The third-order valence-corrected chi connectivity index (χ3v) is 3.62. The number of halogens is 1. The number of hydrogen-bond acceptors (Lipinski definition) is 2. The van der Waals surface area contributed by atoms with Gasteiger partial charge in [0.1, 0.15) is 5.82 Å². The van der Waals surface area contributed by atoms with Crippen molar-refractivity contribution in [3.63, 3.8) is 0 Å². The van der Waals surface area contributed by atoms with Gasteiger partial charge in [0.15, 0.2) is 0 Å². The maximum Gasteiger partial charge on any atom is 0.123 e. The van der Waals surface area contributed by atoms with Gasteiger partial charge >= 0.3 is 0 Å². The van der Waals surface area contributed by atoms with E-state index >= 15 is 0 Å². The van der Waals surface area contributed by atoms with Crippen molar-refractivity contribution in [3.05, 3.63) is 64.9 Å². The van der Waals surface area contributed by atoms with E-state index in [4.69, 9.17) is 0 Å². The highest BCUT2D eigenvalue weighted by molar-refractivity contribution is 7.18. The number of benzene rings is 2. The molecule has 0 saturated heterocycles. The van der Waals surface area contributed by atoms with Crippen LogP contribution in [0, 0.1) is 5.82 Å². The van der Waals surface area contributed by atoms with E-state index in [0.29, 0.717) is 6.42 Å². The summed E-state index contributed by atoms with van der Waals surface area (Å²) in [6, 6.07) is 14.7. The third kappa shape index (κ3) is 2.19. The van der Waals surface area contributed by atoms with E-state index in [9.17, 15) is 4.39 Å². The molecule has 0 unspecified atom stereocenters. The van der Waals surface area contributed by atoms with Gasteiger partial charge in [-0.2, -0.15) is 0 Å². The lowest BCUT2D eigenvalue weighted by Crippen LogP contribution is -1.87. The first-order chi connectivity index (χ1) is 8.31. The van der Waals surface area contributed by atoms with Crippen molar-refractivity contribution in [1.29, 1.82) is 0 Å². The van der Waals surface area contributed by atoms with E-state index in [1.165, 1.54) is 10.8 Å². The summed E-state index contributed by atoms with van der Waals surface area (Å²) in [5.41, 5.74) is 1.98. The topological polar surface area (TPSA) is 12.9 Å². The van der Waals surface area contributed by atoms with Crippen molar-refractivity contribution in [2.75, 3.05) is 0 Å². The van der Waals surface area contributed by atoms with Crippen LogP contribution in [0.3, 0.4) is 0 Å². The number of nitrogens with zero attached hydrogens (tertiary/aromatic N) is 1. The first-order valence-corrected chi connectivity index (χ1v) is 6.22. The molecule has 1 aromatic heterocycles. The largest absolute Gasteiger partial charge is 0.241 e. The average Bonchev–Trinajstić information content (AvgIpc) is 2.71. The number of hydrogen-bond donors (Lipinski definition) is 0. The lowest BCUT2D eigenvalue weighted by atomic mass is 10.1. The summed E-state index contributed by atoms with van der Waals surface area (Å²) >= 11 is 1.66. The van der Waals surface area contributed by atoms with Gasteiger partial charge in [-0.25, -0.2) is 9.37 Å². The SMILES string of the molecule is Fc1cccc(Cc2nc3ccccc3s2)c1. The Bertz CT molecular complexity index is 627. The van der Waals surface area contributed by atoms with E-state index in [1.807, 2.05) is 24.3 Å². The van der Waals surface area contributed by atoms with Gasteiger partial charge in [0.05, 0.1) is 15.2 Å². The Balaban J connectivity index is 1.94. The molecule has 0 fully saturated rings. The lowest BCUT2D eigenvalue weighted by Gasteiger charge is -1.97. The van der Waals surface area contributed by atoms with Crippen molar-refractivity contribution in [3.8, 4) is 0 Å². The molecule has 0 N–H and O–H groups in total. The molecule has 0 aliphatic heterocycles. The first-order valence-electron chi connectivity index (χ1n) is 5.40. The minimum atomic E-state index is -0.191. The highest BCUT2D eigenvalue weighted by Gasteiger charge is 2.04. The first kappa shape index (κ1) is 10.4. The zero-order valence-electron chi connectivity index (χ0n) is 9.06. The van der Waals surface area contributed by atoms with Crippen LogP contribution in [-0.4, -0.2) is 4.98 Å². The second-order valence-electron chi connectivity index (χ2n) is 3.88. The quantitative estimate of drug-likeness (QED) is 0.662. The highest BCUT2D eigenvalue weighted by Crippen LogP contribution is 2.23. The van der Waals surface area contributed by atoms with Gasteiger partial charge in [-0.3, -0.25) is 0 Å². The van der Waals surface area contributed by atoms with Crippen molar-refractivity contribution >= 4 is 21.6 Å². The molecule has 17 heavy (non-hydrogen) atoms. The maximum absolute atomic E-state index is 13.1. The average molecular weight is 243 g/mol. The standard InChI is InChI=1S/C14H10FNS/c15-11-5-3-4-10(8-11)9-14-16-12-6-1-2-7-13(12)17-14/h1-8H,9H2. The molecule has 0 amide bonds. The van der Waals surface area contributed by atoms with Crippen LogP contribution in [-0.2, 0) is 6.42 Å². The van der Waals surface area contributed by atoms with E-state index in [-0.39, 0.29) is 5.82 Å². The summed E-state index contributed by atoms with van der Waals surface area (Å²) in [7, 11) is 0. The highest BCUT2D eigenvalue weighted by atomic mass is 32.1. The van der Waals surface area contributed by atoms with Gasteiger partial charge < -0.3 is 0 Å². The fraction of sp³-hybridized carbons (Fsp3) is 0.0714. The Hall–Kier alpha value is -1.74. The second-order valence-corrected chi connectivity index (χ2v) is 5.00. The van der Waals surface area contributed by atoms with Crippen LogP contribution < -0.4 is 0 Å². The van der Waals surface area contributed by atoms with Crippen LogP contribution >= 0.6 is 11.3 Å². The van der Waals surface area contributed by atoms with Crippen molar-refractivity contribution in [2.45, 2.75) is 6.42 Å². The zero-order chi connectivity index (χ0) is 11.7. The van der Waals surface area contributed by atoms with Gasteiger partial charge in [0.25, 0.3) is 0 Å². The molecule has 0 saturated carbocycles. The number of rotatable bonds is 2. The molecule has 0 aliphatic rings. The molecule has 0 spiro atoms. The monoisotopic (exact) mass is 243 g/mol. The molecule has 1 nitrogen and oxygen atoms in total. The van der Waals surface area contributed by atoms with Gasteiger partial charge in [0.2, 0.25) is 0 Å². The van der Waals surface area contributed by atoms with Crippen LogP contribution in [0.15, 0.2) is 48.5 Å². The summed E-state index contributed by atoms with van der Waals surface area (Å²) in [4.78, 5) is 4.53. The van der Waals surface area contributed by atoms with Crippen LogP contribution in [0.5, 0.6) is 0 Å². The molecule has 0 aliphatic carbocycles. The molecule has 0 atom stereocenters. The van der Waals surface area contributed by atoms with Crippen LogP contribution in [0.1, 0.15) is 10.6 Å². The Kier molecular flexibility index (Phi) is 2.61. The Morgan fingerprint density at radius 3 is 2.76 bits per heavy atom. The van der Waals surface area contributed by atoms with Gasteiger partial charge in [-0.1, -0.05) is 24.3 Å². The van der Waals surface area contributed by atoms with E-state index in [2.05, 4.69) is 11.1 Å². The number of thiazole rings is 1. The Labute approximate surface area is 103 Å². The van der Waals surface area contributed by atoms with Gasteiger partial charge in [-0.05, 0) is 29.8 Å². The summed E-state index contributed by atoms with van der Waals surface area (Å²) in [5.74, 6) is -0.191. The Morgan fingerprint density at radius 2 is 1.94 bits per heavy atom. The van der Waals surface area contributed by atoms with Gasteiger partial charge in [-0.15, -0.1) is 11.3 Å². The minimum absolute atomic E-state index is 0.191. The molecule has 3 rings (SSSR count). The van der Waals surface area contributed by atoms with E-state index in [0.717, 1.165) is 16.1 Å². The summed E-state index contributed by atoms with van der Waals surface area (Å²) < 4.78 is 14.2. The predicted molar refractivity (Wildman–Crippen MR) is 68.8 cm³/mol. The molecule has 2 aromatic carbocycles. The molecule has 0 bridgehead atoms. The predicted octanol–water partition coefficient (Wildman–Crippen LogP) is 4.03. The van der Waals surface area contributed by atoms with Gasteiger partial charge in [0, 0.05) is 6.42 Å². The number of para-hydroxylation sites is 1. The molecule has 3 heteroatoms. The molecule has 84 valence electrons. The lowest BCUT2D eigenvalue weighted by molar-refractivity contribution is 0.626. The zero-order valence-corrected chi connectivity index (χ0v) is 9.88. The maximum atomic E-state index is 13.1. The fourth-order valence-electron chi connectivity index (χ4n) is 1.82. The summed E-state index contributed by atoms with van der Waals surface area (Å²) in [5, 5.41) is 1.02. The summed E-state index contributed by atoms with van der Waals surface area (Å²) in [6.07, 6.45) is 0.692. The molecule has 0 radical (unpaired) electrons. The van der Waals surface area contributed by atoms with Crippen LogP contribution in [0.4, 0.5) is 4.39 Å².